The molecule has 0 saturated carbocycles. The van der Waals surface area contributed by atoms with E-state index in [1.807, 2.05) is 12.1 Å². The average molecular weight is 246 g/mol. The lowest BCUT2D eigenvalue weighted by molar-refractivity contribution is 0.283. The van der Waals surface area contributed by atoms with E-state index in [1.54, 1.807) is 7.11 Å². The summed E-state index contributed by atoms with van der Waals surface area (Å²) in [4.78, 5) is 2.32. The van der Waals surface area contributed by atoms with Crippen LogP contribution in [0.1, 0.15) is 12.0 Å². The van der Waals surface area contributed by atoms with Gasteiger partial charge in [-0.15, -0.1) is 0 Å². The van der Waals surface area contributed by atoms with Crippen LogP contribution in [-0.2, 0) is 6.54 Å². The Balaban J connectivity index is 1.90. The number of ether oxygens (including phenoxy) is 1. The SMILES string of the molecule is COc1ccccc1CN(C)CC1C=CC(N)C1. The summed E-state index contributed by atoms with van der Waals surface area (Å²) < 4.78 is 5.37. The second-order valence-corrected chi connectivity index (χ2v) is 5.05. The smallest absolute Gasteiger partial charge is 0.123 e. The van der Waals surface area contributed by atoms with Gasteiger partial charge < -0.3 is 15.4 Å². The Morgan fingerprint density at radius 1 is 1.33 bits per heavy atom. The highest BCUT2D eigenvalue weighted by molar-refractivity contribution is 5.33. The van der Waals surface area contributed by atoms with Crippen molar-refractivity contribution in [3.8, 4) is 5.75 Å². The summed E-state index contributed by atoms with van der Waals surface area (Å²) >= 11 is 0. The van der Waals surface area contributed by atoms with Gasteiger partial charge in [-0.1, -0.05) is 30.4 Å². The maximum absolute atomic E-state index is 5.87. The highest BCUT2D eigenvalue weighted by atomic mass is 16.5. The van der Waals surface area contributed by atoms with E-state index in [9.17, 15) is 0 Å². The molecule has 1 aliphatic carbocycles. The van der Waals surface area contributed by atoms with Gasteiger partial charge in [-0.25, -0.2) is 0 Å². The van der Waals surface area contributed by atoms with Crippen LogP contribution in [0.25, 0.3) is 0 Å². The van der Waals surface area contributed by atoms with E-state index < -0.39 is 0 Å². The summed E-state index contributed by atoms with van der Waals surface area (Å²) in [7, 11) is 3.86. The average Bonchev–Trinajstić information content (AvgIpc) is 2.75. The van der Waals surface area contributed by atoms with Crippen molar-refractivity contribution < 1.29 is 4.74 Å². The van der Waals surface area contributed by atoms with Gasteiger partial charge in [-0.2, -0.15) is 0 Å². The molecule has 2 atom stereocenters. The van der Waals surface area contributed by atoms with Crippen LogP contribution in [0.4, 0.5) is 0 Å². The van der Waals surface area contributed by atoms with E-state index >= 15 is 0 Å². The molecule has 2 rings (SSSR count). The van der Waals surface area contributed by atoms with E-state index in [0.29, 0.717) is 5.92 Å². The molecule has 1 aliphatic rings. The molecule has 3 heteroatoms. The second-order valence-electron chi connectivity index (χ2n) is 5.05. The van der Waals surface area contributed by atoms with E-state index in [2.05, 4.69) is 36.2 Å². The fourth-order valence-corrected chi connectivity index (χ4v) is 2.53. The van der Waals surface area contributed by atoms with Crippen LogP contribution < -0.4 is 10.5 Å². The molecule has 18 heavy (non-hydrogen) atoms. The molecule has 3 nitrogen and oxygen atoms in total. The van der Waals surface area contributed by atoms with E-state index in [-0.39, 0.29) is 6.04 Å². The van der Waals surface area contributed by atoms with Crippen molar-refractivity contribution >= 4 is 0 Å². The van der Waals surface area contributed by atoms with Crippen LogP contribution in [0.3, 0.4) is 0 Å². The van der Waals surface area contributed by atoms with Crippen LogP contribution in [-0.4, -0.2) is 31.6 Å². The van der Waals surface area contributed by atoms with Crippen molar-refractivity contribution in [3.63, 3.8) is 0 Å². The Labute approximate surface area is 109 Å². The first-order valence-electron chi connectivity index (χ1n) is 6.43. The molecule has 0 aliphatic heterocycles. The zero-order chi connectivity index (χ0) is 13.0. The van der Waals surface area contributed by atoms with Crippen molar-refractivity contribution in [1.82, 2.24) is 4.90 Å². The molecule has 98 valence electrons. The Kier molecular flexibility index (Phi) is 4.39. The molecule has 0 saturated heterocycles. The number of rotatable bonds is 5. The van der Waals surface area contributed by atoms with Crippen LogP contribution in [0, 0.1) is 5.92 Å². The van der Waals surface area contributed by atoms with Crippen molar-refractivity contribution in [2.75, 3.05) is 20.7 Å². The van der Waals surface area contributed by atoms with Gasteiger partial charge in [0, 0.05) is 24.7 Å². The van der Waals surface area contributed by atoms with Gasteiger partial charge in [-0.05, 0) is 25.5 Å². The number of methoxy groups -OCH3 is 1. The van der Waals surface area contributed by atoms with Gasteiger partial charge in [-0.3, -0.25) is 0 Å². The predicted molar refractivity (Wildman–Crippen MR) is 74.6 cm³/mol. The number of benzene rings is 1. The highest BCUT2D eigenvalue weighted by Gasteiger charge is 2.17. The summed E-state index contributed by atoms with van der Waals surface area (Å²) in [6, 6.07) is 8.42. The third-order valence-electron chi connectivity index (χ3n) is 3.38. The van der Waals surface area contributed by atoms with Crippen molar-refractivity contribution in [1.29, 1.82) is 0 Å². The molecule has 1 aromatic carbocycles. The Morgan fingerprint density at radius 3 is 2.78 bits per heavy atom. The summed E-state index contributed by atoms with van der Waals surface area (Å²) in [6.45, 7) is 1.95. The molecule has 0 heterocycles. The fraction of sp³-hybridized carbons (Fsp3) is 0.467. The molecule has 0 radical (unpaired) electrons. The number of nitrogens with two attached hydrogens (primary N) is 1. The first kappa shape index (κ1) is 13.1. The zero-order valence-electron chi connectivity index (χ0n) is 11.2. The van der Waals surface area contributed by atoms with Crippen molar-refractivity contribution in [3.05, 3.63) is 42.0 Å². The quantitative estimate of drug-likeness (QED) is 0.808. The summed E-state index contributed by atoms with van der Waals surface area (Å²) in [6.07, 6.45) is 5.42. The van der Waals surface area contributed by atoms with Crippen LogP contribution >= 0.6 is 0 Å². The molecule has 1 aromatic rings. The van der Waals surface area contributed by atoms with Crippen LogP contribution in [0.2, 0.25) is 0 Å². The van der Waals surface area contributed by atoms with Crippen LogP contribution in [0.15, 0.2) is 36.4 Å². The lowest BCUT2D eigenvalue weighted by Gasteiger charge is -2.21. The van der Waals surface area contributed by atoms with Gasteiger partial charge in [0.05, 0.1) is 7.11 Å². The fourth-order valence-electron chi connectivity index (χ4n) is 2.53. The van der Waals surface area contributed by atoms with Crippen LogP contribution in [0.5, 0.6) is 5.75 Å². The minimum atomic E-state index is 0.245. The molecule has 2 unspecified atom stereocenters. The summed E-state index contributed by atoms with van der Waals surface area (Å²) in [5.74, 6) is 1.54. The monoisotopic (exact) mass is 246 g/mol. The third-order valence-corrected chi connectivity index (χ3v) is 3.38. The largest absolute Gasteiger partial charge is 0.496 e. The Bertz CT molecular complexity index is 417. The van der Waals surface area contributed by atoms with Gasteiger partial charge >= 0.3 is 0 Å². The first-order chi connectivity index (χ1) is 8.69. The summed E-state index contributed by atoms with van der Waals surface area (Å²) in [5, 5.41) is 0. The van der Waals surface area contributed by atoms with Gasteiger partial charge in [0.25, 0.3) is 0 Å². The number of nitrogens with zero attached hydrogens (tertiary/aromatic N) is 1. The molecular formula is C15H22N2O. The molecule has 0 aromatic heterocycles. The summed E-state index contributed by atoms with van der Waals surface area (Å²) in [5.41, 5.74) is 7.10. The van der Waals surface area contributed by atoms with Gasteiger partial charge in [0.2, 0.25) is 0 Å². The minimum Gasteiger partial charge on any atom is -0.496 e. The van der Waals surface area contributed by atoms with E-state index in [4.69, 9.17) is 10.5 Å². The maximum atomic E-state index is 5.87. The number of para-hydroxylation sites is 1. The molecule has 2 N–H and O–H groups in total. The van der Waals surface area contributed by atoms with E-state index in [0.717, 1.165) is 25.3 Å². The lowest BCUT2D eigenvalue weighted by Crippen LogP contribution is -2.26. The number of hydrogen-bond donors (Lipinski definition) is 1. The topological polar surface area (TPSA) is 38.5 Å². The molecule has 0 amide bonds. The first-order valence-corrected chi connectivity index (χ1v) is 6.43. The Hall–Kier alpha value is -1.32. The standard InChI is InChI=1S/C15H22N2O/c1-17(10-12-7-8-14(16)9-12)11-13-5-3-4-6-15(13)18-2/h3-8,12,14H,9-11,16H2,1-2H3. The maximum Gasteiger partial charge on any atom is 0.123 e. The third kappa shape index (κ3) is 3.34. The number of hydrogen-bond acceptors (Lipinski definition) is 3. The highest BCUT2D eigenvalue weighted by Crippen LogP contribution is 2.21. The van der Waals surface area contributed by atoms with Crippen molar-refractivity contribution in [2.45, 2.75) is 19.0 Å². The molecule has 0 fully saturated rings. The zero-order valence-corrected chi connectivity index (χ0v) is 11.2. The normalized spacial score (nSPS) is 22.7. The Morgan fingerprint density at radius 2 is 2.11 bits per heavy atom. The van der Waals surface area contributed by atoms with Crippen molar-refractivity contribution in [2.24, 2.45) is 11.7 Å². The second kappa shape index (κ2) is 6.03. The predicted octanol–water partition coefficient (Wildman–Crippen LogP) is 2.03. The molecular weight excluding hydrogens is 224 g/mol. The lowest BCUT2D eigenvalue weighted by atomic mass is 10.1. The van der Waals surface area contributed by atoms with E-state index in [1.165, 1.54) is 5.56 Å². The minimum absolute atomic E-state index is 0.245. The van der Waals surface area contributed by atoms with Gasteiger partial charge in [0.1, 0.15) is 5.75 Å². The molecule has 0 bridgehead atoms. The van der Waals surface area contributed by atoms with Gasteiger partial charge in [0.15, 0.2) is 0 Å². The molecule has 0 spiro atoms.